The summed E-state index contributed by atoms with van der Waals surface area (Å²) in [6, 6.07) is 14.2. The summed E-state index contributed by atoms with van der Waals surface area (Å²) < 4.78 is 24.9. The Kier molecular flexibility index (Phi) is 4.99. The molecule has 2 aromatic rings. The number of rotatable bonds is 6. The maximum Gasteiger partial charge on any atom is 0.411 e. The van der Waals surface area contributed by atoms with Gasteiger partial charge in [-0.25, -0.2) is 9.18 Å². The largest absolute Gasteiger partial charge is 0.444 e. The molecule has 1 aliphatic carbocycles. The molecule has 1 aliphatic heterocycles. The normalized spacial score (nSPS) is 23.0. The second-order valence-corrected chi connectivity index (χ2v) is 7.20. The van der Waals surface area contributed by atoms with Crippen LogP contribution in [0.3, 0.4) is 0 Å². The van der Waals surface area contributed by atoms with Gasteiger partial charge in [-0.3, -0.25) is 5.32 Å². The Labute approximate surface area is 158 Å². The van der Waals surface area contributed by atoms with Gasteiger partial charge < -0.3 is 14.4 Å². The molecule has 27 heavy (non-hydrogen) atoms. The highest BCUT2D eigenvalue weighted by atomic mass is 19.1. The molecule has 1 heterocycles. The molecule has 1 saturated carbocycles. The number of nitrogens with zero attached hydrogens (tertiary/aromatic N) is 1. The number of benzene rings is 2. The standard InChI is InChI=1S/C21H23FN2O3/c1-26-13-18-16-10-24(11-17(16)18)20-8-7-15(9-19(20)22)23-21(25)27-12-14-5-3-2-4-6-14/h2-9,16-18H,10-13H2,1H3,(H,23,25)/t16-,17+,18+. The third-order valence-electron chi connectivity index (χ3n) is 5.48. The van der Waals surface area contributed by atoms with Crippen molar-refractivity contribution in [2.75, 3.05) is 37.0 Å². The van der Waals surface area contributed by atoms with Gasteiger partial charge in [-0.2, -0.15) is 0 Å². The second-order valence-electron chi connectivity index (χ2n) is 7.20. The average Bonchev–Trinajstić information content (AvgIpc) is 3.11. The highest BCUT2D eigenvalue weighted by molar-refractivity contribution is 5.85. The number of piperidine rings is 1. The van der Waals surface area contributed by atoms with E-state index in [0.717, 1.165) is 25.3 Å². The van der Waals surface area contributed by atoms with Crippen LogP contribution in [-0.4, -0.2) is 32.9 Å². The van der Waals surface area contributed by atoms with Crippen LogP contribution in [-0.2, 0) is 16.1 Å². The van der Waals surface area contributed by atoms with Gasteiger partial charge >= 0.3 is 6.09 Å². The Morgan fingerprint density at radius 1 is 1.19 bits per heavy atom. The molecule has 2 fully saturated rings. The number of carbonyl (C=O) groups is 1. The zero-order chi connectivity index (χ0) is 18.8. The minimum Gasteiger partial charge on any atom is -0.444 e. The first kappa shape index (κ1) is 17.8. The minimum absolute atomic E-state index is 0.173. The molecular weight excluding hydrogens is 347 g/mol. The van der Waals surface area contributed by atoms with Gasteiger partial charge in [0.1, 0.15) is 12.4 Å². The molecule has 3 atom stereocenters. The lowest BCUT2D eigenvalue weighted by atomic mass is 10.2. The van der Waals surface area contributed by atoms with E-state index in [1.807, 2.05) is 30.3 Å². The zero-order valence-electron chi connectivity index (χ0n) is 15.2. The molecule has 5 nitrogen and oxygen atoms in total. The summed E-state index contributed by atoms with van der Waals surface area (Å²) in [6.07, 6.45) is -0.601. The molecule has 0 bridgehead atoms. The number of fused-ring (bicyclic) bond motifs is 1. The SMILES string of the molecule is COC[C@@H]1[C@H]2CN(c3ccc(NC(=O)OCc4ccccc4)cc3F)C[C@@H]12. The van der Waals surface area contributed by atoms with Crippen LogP contribution in [0.2, 0.25) is 0 Å². The topological polar surface area (TPSA) is 50.8 Å². The molecule has 1 N–H and O–H groups in total. The maximum atomic E-state index is 14.5. The predicted molar refractivity (Wildman–Crippen MR) is 101 cm³/mol. The van der Waals surface area contributed by atoms with Gasteiger partial charge in [0.2, 0.25) is 0 Å². The highest BCUT2D eigenvalue weighted by Crippen LogP contribution is 2.52. The smallest absolute Gasteiger partial charge is 0.411 e. The third kappa shape index (κ3) is 3.90. The summed E-state index contributed by atoms with van der Waals surface area (Å²) in [5, 5.41) is 2.58. The van der Waals surface area contributed by atoms with Gasteiger partial charge in [-0.05, 0) is 41.5 Å². The first-order valence-corrected chi connectivity index (χ1v) is 9.17. The van der Waals surface area contributed by atoms with Crippen LogP contribution in [0.1, 0.15) is 5.56 Å². The highest BCUT2D eigenvalue weighted by Gasteiger charge is 2.55. The van der Waals surface area contributed by atoms with Gasteiger partial charge in [-0.1, -0.05) is 30.3 Å². The van der Waals surface area contributed by atoms with Crippen molar-refractivity contribution in [1.29, 1.82) is 0 Å². The molecule has 0 unspecified atom stereocenters. The molecule has 0 spiro atoms. The van der Waals surface area contributed by atoms with E-state index in [0.29, 0.717) is 29.1 Å². The summed E-state index contributed by atoms with van der Waals surface area (Å²) in [7, 11) is 1.72. The van der Waals surface area contributed by atoms with Crippen LogP contribution < -0.4 is 10.2 Å². The maximum absolute atomic E-state index is 14.5. The van der Waals surface area contributed by atoms with Crippen molar-refractivity contribution in [1.82, 2.24) is 0 Å². The predicted octanol–water partition coefficient (Wildman–Crippen LogP) is 3.90. The number of anilines is 2. The van der Waals surface area contributed by atoms with Crippen molar-refractivity contribution in [2.24, 2.45) is 17.8 Å². The number of hydrogen-bond donors (Lipinski definition) is 1. The van der Waals surface area contributed by atoms with Gasteiger partial charge in [-0.15, -0.1) is 0 Å². The van der Waals surface area contributed by atoms with Crippen molar-refractivity contribution in [3.05, 3.63) is 59.9 Å². The van der Waals surface area contributed by atoms with Crippen molar-refractivity contribution < 1.29 is 18.7 Å². The molecular formula is C21H23FN2O3. The van der Waals surface area contributed by atoms with Crippen molar-refractivity contribution in [2.45, 2.75) is 6.61 Å². The number of carbonyl (C=O) groups excluding carboxylic acids is 1. The number of nitrogens with one attached hydrogen (secondary N) is 1. The lowest BCUT2D eigenvalue weighted by Gasteiger charge is -2.23. The van der Waals surface area contributed by atoms with Gasteiger partial charge in [0.25, 0.3) is 0 Å². The van der Waals surface area contributed by atoms with E-state index in [1.165, 1.54) is 6.07 Å². The molecule has 2 aromatic carbocycles. The Morgan fingerprint density at radius 3 is 2.59 bits per heavy atom. The van der Waals surface area contributed by atoms with E-state index in [-0.39, 0.29) is 12.4 Å². The van der Waals surface area contributed by atoms with E-state index >= 15 is 0 Å². The number of ether oxygens (including phenoxy) is 2. The quantitative estimate of drug-likeness (QED) is 0.838. The molecule has 4 rings (SSSR count). The zero-order valence-corrected chi connectivity index (χ0v) is 15.2. The van der Waals surface area contributed by atoms with Crippen LogP contribution in [0.25, 0.3) is 0 Å². The molecule has 142 valence electrons. The van der Waals surface area contributed by atoms with Crippen LogP contribution in [0.5, 0.6) is 0 Å². The van der Waals surface area contributed by atoms with E-state index in [4.69, 9.17) is 9.47 Å². The Bertz CT molecular complexity index is 802. The first-order valence-electron chi connectivity index (χ1n) is 9.17. The van der Waals surface area contributed by atoms with Crippen molar-refractivity contribution in [3.63, 3.8) is 0 Å². The average molecular weight is 370 g/mol. The van der Waals surface area contributed by atoms with E-state index < -0.39 is 6.09 Å². The third-order valence-corrected chi connectivity index (χ3v) is 5.48. The molecule has 2 aliphatic rings. The Morgan fingerprint density at radius 2 is 1.93 bits per heavy atom. The first-order chi connectivity index (χ1) is 13.2. The van der Waals surface area contributed by atoms with Gasteiger partial charge in [0, 0.05) is 32.5 Å². The summed E-state index contributed by atoms with van der Waals surface area (Å²) >= 11 is 0. The Hall–Kier alpha value is -2.60. The lowest BCUT2D eigenvalue weighted by Crippen LogP contribution is -2.25. The summed E-state index contributed by atoms with van der Waals surface area (Å²) in [5.74, 6) is 1.50. The van der Waals surface area contributed by atoms with E-state index in [1.54, 1.807) is 19.2 Å². The number of halogens is 1. The van der Waals surface area contributed by atoms with E-state index in [2.05, 4.69) is 10.2 Å². The summed E-state index contributed by atoms with van der Waals surface area (Å²) in [6.45, 7) is 2.69. The number of hydrogen-bond acceptors (Lipinski definition) is 4. The second kappa shape index (κ2) is 7.56. The molecule has 1 amide bonds. The number of methoxy groups -OCH3 is 1. The summed E-state index contributed by atoms with van der Waals surface area (Å²) in [4.78, 5) is 14.0. The number of amides is 1. The Balaban J connectivity index is 1.30. The molecule has 6 heteroatoms. The van der Waals surface area contributed by atoms with Crippen molar-refractivity contribution >= 4 is 17.5 Å². The van der Waals surface area contributed by atoms with Gasteiger partial charge in [0.05, 0.1) is 5.69 Å². The lowest BCUT2D eigenvalue weighted by molar-refractivity contribution is 0.155. The fourth-order valence-corrected chi connectivity index (χ4v) is 4.00. The van der Waals surface area contributed by atoms with E-state index in [9.17, 15) is 9.18 Å². The fourth-order valence-electron chi connectivity index (χ4n) is 4.00. The summed E-state index contributed by atoms with van der Waals surface area (Å²) in [5.41, 5.74) is 1.87. The monoisotopic (exact) mass is 370 g/mol. The molecule has 1 saturated heterocycles. The van der Waals surface area contributed by atoms with Crippen LogP contribution in [0, 0.1) is 23.6 Å². The molecule has 0 radical (unpaired) electrons. The van der Waals surface area contributed by atoms with Gasteiger partial charge in [0.15, 0.2) is 0 Å². The van der Waals surface area contributed by atoms with Crippen LogP contribution in [0.15, 0.2) is 48.5 Å². The fraction of sp³-hybridized carbons (Fsp3) is 0.381. The minimum atomic E-state index is -0.601. The van der Waals surface area contributed by atoms with Crippen molar-refractivity contribution in [3.8, 4) is 0 Å². The van der Waals surface area contributed by atoms with Crippen LogP contribution >= 0.6 is 0 Å². The van der Waals surface area contributed by atoms with Crippen LogP contribution in [0.4, 0.5) is 20.6 Å². The molecule has 0 aromatic heterocycles.